The molecule has 132 valence electrons. The van der Waals surface area contributed by atoms with E-state index in [4.69, 9.17) is 4.42 Å². The van der Waals surface area contributed by atoms with Crippen molar-refractivity contribution in [1.82, 2.24) is 20.9 Å². The first-order valence-corrected chi connectivity index (χ1v) is 8.25. The Bertz CT molecular complexity index is 963. The Labute approximate surface area is 147 Å². The van der Waals surface area contributed by atoms with Crippen molar-refractivity contribution < 1.29 is 23.9 Å². The van der Waals surface area contributed by atoms with Crippen molar-refractivity contribution >= 4 is 23.3 Å². The van der Waals surface area contributed by atoms with Crippen LogP contribution >= 0.6 is 0 Å². The van der Waals surface area contributed by atoms with E-state index in [1.807, 2.05) is 0 Å². The van der Waals surface area contributed by atoms with Crippen LogP contribution in [-0.4, -0.2) is 45.4 Å². The molecule has 2 unspecified atom stereocenters. The maximum atomic E-state index is 12.4. The standard InChI is InChI=1S/C17H14N4O5/c22-10-1-4-18-8(5-11(10)23)14-19-9(7-26-14)13(24)20-12-6-17(12)16(2-3-16)15(25)21-17/h5,7,10,12,18,22H,2-3,6H2,(H,20,24)(H,21,25)/t10?,12?,17-/m0/s1. The molecule has 1 aromatic rings. The highest BCUT2D eigenvalue weighted by Crippen LogP contribution is 2.69. The number of rotatable bonds is 3. The fourth-order valence-electron chi connectivity index (χ4n) is 3.83. The molecular weight excluding hydrogens is 340 g/mol. The summed E-state index contributed by atoms with van der Waals surface area (Å²) in [6, 6.07) is 2.32. The predicted octanol–water partition coefficient (Wildman–Crippen LogP) is -1.34. The number of nitrogens with zero attached hydrogens (tertiary/aromatic N) is 1. The monoisotopic (exact) mass is 354 g/mol. The first-order chi connectivity index (χ1) is 12.4. The number of fused-ring (bicyclic) bond motifs is 1. The van der Waals surface area contributed by atoms with Gasteiger partial charge in [-0.3, -0.25) is 14.4 Å². The van der Waals surface area contributed by atoms with E-state index in [9.17, 15) is 19.5 Å². The number of ketones is 1. The maximum absolute atomic E-state index is 12.4. The van der Waals surface area contributed by atoms with Crippen LogP contribution in [-0.2, 0) is 9.59 Å². The summed E-state index contributed by atoms with van der Waals surface area (Å²) in [5.41, 5.74) is -0.320. The fourth-order valence-corrected chi connectivity index (χ4v) is 3.83. The van der Waals surface area contributed by atoms with Crippen LogP contribution in [0.4, 0.5) is 0 Å². The van der Waals surface area contributed by atoms with Crippen molar-refractivity contribution in [3.8, 4) is 12.0 Å². The van der Waals surface area contributed by atoms with Crippen molar-refractivity contribution in [2.24, 2.45) is 5.41 Å². The molecule has 4 aliphatic rings. The lowest BCUT2D eigenvalue weighted by Crippen LogP contribution is -2.65. The Morgan fingerprint density at radius 1 is 1.42 bits per heavy atom. The molecule has 3 atom stereocenters. The van der Waals surface area contributed by atoms with Crippen LogP contribution in [0.1, 0.15) is 35.6 Å². The molecule has 2 aliphatic heterocycles. The number of nitrogens with one attached hydrogen (secondary N) is 3. The fraction of sp³-hybridized carbons (Fsp3) is 0.412. The topological polar surface area (TPSA) is 134 Å². The third-order valence-corrected chi connectivity index (χ3v) is 5.57. The van der Waals surface area contributed by atoms with Crippen molar-refractivity contribution in [3.63, 3.8) is 0 Å². The van der Waals surface area contributed by atoms with Crippen molar-refractivity contribution in [2.45, 2.75) is 36.9 Å². The lowest BCUT2D eigenvalue weighted by molar-refractivity contribution is -0.139. The molecule has 2 aliphatic carbocycles. The Morgan fingerprint density at radius 2 is 2.23 bits per heavy atom. The third-order valence-electron chi connectivity index (χ3n) is 5.57. The van der Waals surface area contributed by atoms with Gasteiger partial charge in [0.1, 0.15) is 12.0 Å². The molecule has 9 nitrogen and oxygen atoms in total. The van der Waals surface area contributed by atoms with Crippen LogP contribution in [0, 0.1) is 17.4 Å². The highest BCUT2D eigenvalue weighted by Gasteiger charge is 2.82. The van der Waals surface area contributed by atoms with Gasteiger partial charge in [-0.15, -0.1) is 0 Å². The summed E-state index contributed by atoms with van der Waals surface area (Å²) in [4.78, 5) is 39.8. The summed E-state index contributed by atoms with van der Waals surface area (Å²) in [6.07, 6.45) is 3.37. The summed E-state index contributed by atoms with van der Waals surface area (Å²) < 4.78 is 5.25. The van der Waals surface area contributed by atoms with E-state index in [0.717, 1.165) is 25.3 Å². The molecule has 0 bridgehead atoms. The van der Waals surface area contributed by atoms with Crippen LogP contribution in [0.25, 0.3) is 5.70 Å². The summed E-state index contributed by atoms with van der Waals surface area (Å²) in [6.45, 7) is 0. The molecule has 26 heavy (non-hydrogen) atoms. The van der Waals surface area contributed by atoms with Crippen LogP contribution in [0.3, 0.4) is 0 Å². The number of β-lactam (4-membered cyclic amide) rings is 1. The first-order valence-electron chi connectivity index (χ1n) is 8.25. The van der Waals surface area contributed by atoms with Gasteiger partial charge < -0.3 is 25.5 Å². The van der Waals surface area contributed by atoms with E-state index in [2.05, 4.69) is 32.9 Å². The molecule has 5 rings (SSSR count). The zero-order valence-electron chi connectivity index (χ0n) is 13.5. The van der Waals surface area contributed by atoms with Gasteiger partial charge in [-0.05, 0) is 25.2 Å². The summed E-state index contributed by atoms with van der Waals surface area (Å²) in [7, 11) is 0. The first kappa shape index (κ1) is 15.2. The molecule has 0 radical (unpaired) electrons. The number of oxazole rings is 1. The van der Waals surface area contributed by atoms with E-state index < -0.39 is 17.8 Å². The van der Waals surface area contributed by atoms with Gasteiger partial charge in [0.2, 0.25) is 11.8 Å². The summed E-state index contributed by atoms with van der Waals surface area (Å²) in [5.74, 6) is 1.40. The number of carbonyl (C=O) groups excluding carboxylic acids is 3. The number of carbonyl (C=O) groups is 3. The number of aromatic nitrogens is 1. The Hall–Kier alpha value is -3.12. The molecule has 0 aromatic carbocycles. The third kappa shape index (κ3) is 1.90. The van der Waals surface area contributed by atoms with Gasteiger partial charge in [0.15, 0.2) is 17.6 Å². The zero-order chi connectivity index (χ0) is 18.1. The average Bonchev–Trinajstić information content (AvgIpc) is 3.51. The molecule has 1 aromatic heterocycles. The second kappa shape index (κ2) is 4.74. The highest BCUT2D eigenvalue weighted by atomic mass is 16.3. The van der Waals surface area contributed by atoms with E-state index in [-0.39, 0.29) is 40.2 Å². The Balaban J connectivity index is 1.29. The van der Waals surface area contributed by atoms with E-state index in [1.54, 1.807) is 0 Å². The molecule has 3 fully saturated rings. The zero-order valence-corrected chi connectivity index (χ0v) is 13.5. The number of hydrogen-bond donors (Lipinski definition) is 4. The molecule has 2 amide bonds. The number of hydrogen-bond acceptors (Lipinski definition) is 7. The van der Waals surface area contributed by atoms with Crippen LogP contribution in [0.2, 0.25) is 0 Å². The summed E-state index contributed by atoms with van der Waals surface area (Å²) >= 11 is 0. The van der Waals surface area contributed by atoms with Gasteiger partial charge in [-0.25, -0.2) is 4.98 Å². The second-order valence-corrected chi connectivity index (χ2v) is 7.03. The lowest BCUT2D eigenvalue weighted by Gasteiger charge is -2.39. The molecule has 4 N–H and O–H groups in total. The largest absolute Gasteiger partial charge is 0.442 e. The highest BCUT2D eigenvalue weighted by molar-refractivity contribution is 6.02. The molecule has 1 saturated heterocycles. The van der Waals surface area contributed by atoms with Gasteiger partial charge in [0, 0.05) is 12.1 Å². The Kier molecular flexibility index (Phi) is 2.76. The smallest absolute Gasteiger partial charge is 0.273 e. The summed E-state index contributed by atoms with van der Waals surface area (Å²) in [5, 5.41) is 17.8. The number of amides is 2. The maximum Gasteiger partial charge on any atom is 0.273 e. The van der Waals surface area contributed by atoms with Gasteiger partial charge in [0.25, 0.3) is 5.91 Å². The van der Waals surface area contributed by atoms with Crippen molar-refractivity contribution in [1.29, 1.82) is 0 Å². The molecule has 9 heteroatoms. The lowest BCUT2D eigenvalue weighted by atomic mass is 9.83. The van der Waals surface area contributed by atoms with Gasteiger partial charge >= 0.3 is 0 Å². The Morgan fingerprint density at radius 3 is 2.96 bits per heavy atom. The minimum absolute atomic E-state index is 0.0213. The average molecular weight is 354 g/mol. The van der Waals surface area contributed by atoms with E-state index in [1.165, 1.54) is 6.26 Å². The van der Waals surface area contributed by atoms with Gasteiger partial charge in [-0.2, -0.15) is 0 Å². The SMILES string of the molecule is O=C(NC1C[C@]12NC(=O)C21CC1)c1coc(C2=CC(=O)C(O)C#CN2)n1. The number of aliphatic hydroxyl groups is 1. The van der Waals surface area contributed by atoms with Crippen LogP contribution in [0.5, 0.6) is 0 Å². The van der Waals surface area contributed by atoms with Crippen LogP contribution in [0.15, 0.2) is 16.8 Å². The second-order valence-electron chi connectivity index (χ2n) is 7.03. The molecule has 2 saturated carbocycles. The van der Waals surface area contributed by atoms with Crippen molar-refractivity contribution in [3.05, 3.63) is 23.9 Å². The van der Waals surface area contributed by atoms with Gasteiger partial charge in [0.05, 0.1) is 17.0 Å². The predicted molar refractivity (Wildman–Crippen MR) is 84.8 cm³/mol. The van der Waals surface area contributed by atoms with Gasteiger partial charge in [-0.1, -0.05) is 0 Å². The minimum atomic E-state index is -1.41. The normalized spacial score (nSPS) is 32.4. The molecule has 3 heterocycles. The number of aliphatic hydroxyl groups excluding tert-OH is 1. The van der Waals surface area contributed by atoms with E-state index in [0.29, 0.717) is 0 Å². The van der Waals surface area contributed by atoms with Crippen molar-refractivity contribution in [2.75, 3.05) is 0 Å². The van der Waals surface area contributed by atoms with Crippen LogP contribution < -0.4 is 16.0 Å². The molecule has 2 spiro atoms. The molecular formula is C17H14N4O5. The van der Waals surface area contributed by atoms with E-state index >= 15 is 0 Å². The quantitative estimate of drug-likeness (QED) is 0.390. The minimum Gasteiger partial charge on any atom is -0.442 e.